The number of hydrogen-bond donors (Lipinski definition) is 1. The van der Waals surface area contributed by atoms with Crippen LogP contribution in [0.25, 0.3) is 10.9 Å². The first-order valence-corrected chi connectivity index (χ1v) is 12.6. The van der Waals surface area contributed by atoms with Crippen LogP contribution in [0.4, 0.5) is 0 Å². The molecule has 11 nitrogen and oxygen atoms in total. The third kappa shape index (κ3) is 5.23. The maximum atomic E-state index is 13.2. The van der Waals surface area contributed by atoms with Gasteiger partial charge in [-0.3, -0.25) is 9.69 Å². The molecule has 1 saturated heterocycles. The van der Waals surface area contributed by atoms with E-state index in [0.29, 0.717) is 56.5 Å². The summed E-state index contributed by atoms with van der Waals surface area (Å²) in [5.74, 6) is 2.30. The van der Waals surface area contributed by atoms with Crippen molar-refractivity contribution in [3.8, 4) is 11.5 Å². The van der Waals surface area contributed by atoms with Crippen LogP contribution in [0.15, 0.2) is 23.0 Å². The highest BCUT2D eigenvalue weighted by atomic mass is 16.6. The van der Waals surface area contributed by atoms with Crippen molar-refractivity contribution in [2.45, 2.75) is 51.9 Å². The lowest BCUT2D eigenvalue weighted by Crippen LogP contribution is -2.40. The standard InChI is InChI=1S/C25H34N6O5/c1-16(2)23(24-27-28-29-31(24)6-8-33-3)30(15-19-5-4-7-34-19)14-18-11-17-12-21-22(36-10-9-35-21)13-20(17)26-25(18)32/h11-13,16,19,23H,4-10,14-15H2,1-3H3,(H,26,32)/t19-,23-/m0/s1. The Hall–Kier alpha value is -3.02. The van der Waals surface area contributed by atoms with E-state index in [2.05, 4.69) is 39.3 Å². The van der Waals surface area contributed by atoms with E-state index in [1.165, 1.54) is 0 Å². The molecule has 0 bridgehead atoms. The SMILES string of the molecule is COCCn1nnnc1[C@H](C(C)C)N(Cc1cc2cc3c(cc2[nH]c1=O)OCCO3)C[C@@H]1CCCO1. The molecule has 3 aromatic rings. The first-order chi connectivity index (χ1) is 17.5. The average molecular weight is 499 g/mol. The lowest BCUT2D eigenvalue weighted by atomic mass is 9.99. The maximum absolute atomic E-state index is 13.2. The summed E-state index contributed by atoms with van der Waals surface area (Å²) in [7, 11) is 1.66. The third-order valence-corrected chi connectivity index (χ3v) is 6.78. The van der Waals surface area contributed by atoms with Gasteiger partial charge in [0.2, 0.25) is 0 Å². The molecule has 11 heteroatoms. The molecule has 36 heavy (non-hydrogen) atoms. The predicted molar refractivity (Wildman–Crippen MR) is 132 cm³/mol. The zero-order valence-electron chi connectivity index (χ0n) is 21.1. The van der Waals surface area contributed by atoms with Gasteiger partial charge >= 0.3 is 0 Å². The molecule has 0 aliphatic carbocycles. The number of nitrogens with zero attached hydrogens (tertiary/aromatic N) is 5. The number of H-pyrrole nitrogens is 1. The van der Waals surface area contributed by atoms with Crippen LogP contribution in [0, 0.1) is 5.92 Å². The van der Waals surface area contributed by atoms with Gasteiger partial charge in [-0.2, -0.15) is 0 Å². The molecule has 1 aromatic carbocycles. The maximum Gasteiger partial charge on any atom is 0.252 e. The number of nitrogens with one attached hydrogen (secondary N) is 1. The van der Waals surface area contributed by atoms with E-state index in [1.807, 2.05) is 18.2 Å². The van der Waals surface area contributed by atoms with E-state index in [-0.39, 0.29) is 23.6 Å². The number of pyridine rings is 1. The summed E-state index contributed by atoms with van der Waals surface area (Å²) in [6.45, 7) is 8.25. The van der Waals surface area contributed by atoms with Crippen molar-refractivity contribution in [1.29, 1.82) is 0 Å². The van der Waals surface area contributed by atoms with E-state index in [9.17, 15) is 4.79 Å². The Balaban J connectivity index is 1.50. The largest absolute Gasteiger partial charge is 0.486 e. The molecule has 1 fully saturated rings. The molecule has 5 rings (SSSR count). The molecule has 2 aliphatic rings. The topological polar surface area (TPSA) is 117 Å². The van der Waals surface area contributed by atoms with Gasteiger partial charge in [-0.15, -0.1) is 5.10 Å². The highest BCUT2D eigenvalue weighted by Crippen LogP contribution is 2.34. The molecule has 2 aromatic heterocycles. The average Bonchev–Trinajstić information content (AvgIpc) is 3.54. The number of rotatable bonds is 10. The first-order valence-electron chi connectivity index (χ1n) is 12.6. The molecular weight excluding hydrogens is 464 g/mol. The monoisotopic (exact) mass is 498 g/mol. The number of tetrazole rings is 1. The molecule has 0 amide bonds. The highest BCUT2D eigenvalue weighted by molar-refractivity contribution is 5.83. The summed E-state index contributed by atoms with van der Waals surface area (Å²) in [6.07, 6.45) is 2.14. The van der Waals surface area contributed by atoms with Crippen LogP contribution in [0.2, 0.25) is 0 Å². The molecule has 0 unspecified atom stereocenters. The number of hydrogen-bond acceptors (Lipinski definition) is 9. The minimum absolute atomic E-state index is 0.103. The van der Waals surface area contributed by atoms with Crippen LogP contribution in [0.1, 0.15) is 44.1 Å². The van der Waals surface area contributed by atoms with Gasteiger partial charge in [-0.05, 0) is 41.3 Å². The van der Waals surface area contributed by atoms with Gasteiger partial charge in [-0.1, -0.05) is 13.8 Å². The number of aromatic nitrogens is 5. The van der Waals surface area contributed by atoms with Crippen LogP contribution in [-0.2, 0) is 22.6 Å². The zero-order chi connectivity index (χ0) is 25.1. The van der Waals surface area contributed by atoms with Gasteiger partial charge in [-0.25, -0.2) is 4.68 Å². The number of aromatic amines is 1. The van der Waals surface area contributed by atoms with Gasteiger partial charge in [0, 0.05) is 43.8 Å². The van der Waals surface area contributed by atoms with Crippen LogP contribution in [-0.4, -0.2) is 76.3 Å². The normalized spacial score (nSPS) is 18.4. The lowest BCUT2D eigenvalue weighted by molar-refractivity contribution is 0.0379. The van der Waals surface area contributed by atoms with E-state index >= 15 is 0 Å². The molecule has 4 heterocycles. The van der Waals surface area contributed by atoms with Gasteiger partial charge in [0.25, 0.3) is 5.56 Å². The summed E-state index contributed by atoms with van der Waals surface area (Å²) < 4.78 is 24.5. The van der Waals surface area contributed by atoms with Crippen molar-refractivity contribution in [3.63, 3.8) is 0 Å². The Kier molecular flexibility index (Phi) is 7.49. The van der Waals surface area contributed by atoms with Crippen molar-refractivity contribution >= 4 is 10.9 Å². The fourth-order valence-corrected chi connectivity index (χ4v) is 5.09. The summed E-state index contributed by atoms with van der Waals surface area (Å²) in [4.78, 5) is 18.5. The summed E-state index contributed by atoms with van der Waals surface area (Å²) in [5.41, 5.74) is 1.26. The smallest absolute Gasteiger partial charge is 0.252 e. The molecule has 0 saturated carbocycles. The fraction of sp³-hybridized carbons (Fsp3) is 0.600. The molecule has 0 spiro atoms. The first kappa shape index (κ1) is 24.7. The number of fused-ring (bicyclic) bond motifs is 2. The minimum Gasteiger partial charge on any atom is -0.486 e. The summed E-state index contributed by atoms with van der Waals surface area (Å²) in [5, 5.41) is 13.5. The van der Waals surface area contributed by atoms with E-state index in [1.54, 1.807) is 11.8 Å². The number of methoxy groups -OCH3 is 1. The molecule has 2 atom stereocenters. The van der Waals surface area contributed by atoms with Crippen LogP contribution < -0.4 is 15.0 Å². The van der Waals surface area contributed by atoms with Crippen LogP contribution in [0.5, 0.6) is 11.5 Å². The fourth-order valence-electron chi connectivity index (χ4n) is 5.09. The third-order valence-electron chi connectivity index (χ3n) is 6.78. The van der Waals surface area contributed by atoms with Crippen molar-refractivity contribution in [2.75, 3.05) is 40.1 Å². The van der Waals surface area contributed by atoms with E-state index in [0.717, 1.165) is 36.2 Å². The zero-order valence-corrected chi connectivity index (χ0v) is 21.1. The van der Waals surface area contributed by atoms with E-state index in [4.69, 9.17) is 18.9 Å². The Morgan fingerprint density at radius 1 is 1.19 bits per heavy atom. The minimum atomic E-state index is -0.127. The van der Waals surface area contributed by atoms with Crippen LogP contribution in [0.3, 0.4) is 0 Å². The van der Waals surface area contributed by atoms with Gasteiger partial charge < -0.3 is 23.9 Å². The Labute approximate surface area is 209 Å². The summed E-state index contributed by atoms with van der Waals surface area (Å²) >= 11 is 0. The second kappa shape index (κ2) is 10.9. The predicted octanol–water partition coefficient (Wildman–Crippen LogP) is 2.31. The second-order valence-corrected chi connectivity index (χ2v) is 9.71. The van der Waals surface area contributed by atoms with Gasteiger partial charge in [0.15, 0.2) is 17.3 Å². The lowest BCUT2D eigenvalue weighted by Gasteiger charge is -2.35. The molecule has 0 radical (unpaired) electrons. The van der Waals surface area contributed by atoms with Crippen molar-refractivity contribution in [2.24, 2.45) is 5.92 Å². The van der Waals surface area contributed by atoms with Gasteiger partial charge in [0.05, 0.1) is 30.8 Å². The molecular formula is C25H34N6O5. The second-order valence-electron chi connectivity index (χ2n) is 9.71. The van der Waals surface area contributed by atoms with Crippen molar-refractivity contribution < 1.29 is 18.9 Å². The number of ether oxygens (including phenoxy) is 4. The Bertz CT molecular complexity index is 1240. The van der Waals surface area contributed by atoms with Crippen LogP contribution >= 0.6 is 0 Å². The van der Waals surface area contributed by atoms with Gasteiger partial charge in [0.1, 0.15) is 13.2 Å². The highest BCUT2D eigenvalue weighted by Gasteiger charge is 2.32. The Morgan fingerprint density at radius 2 is 2.00 bits per heavy atom. The van der Waals surface area contributed by atoms with E-state index < -0.39 is 0 Å². The number of benzene rings is 1. The molecule has 194 valence electrons. The molecule has 2 aliphatic heterocycles. The quantitative estimate of drug-likeness (QED) is 0.449. The van der Waals surface area contributed by atoms with Crippen molar-refractivity contribution in [3.05, 3.63) is 39.9 Å². The Morgan fingerprint density at radius 3 is 2.72 bits per heavy atom. The molecule has 1 N–H and O–H groups in total. The summed E-state index contributed by atoms with van der Waals surface area (Å²) in [6, 6.07) is 5.59. The van der Waals surface area contributed by atoms with Crippen molar-refractivity contribution in [1.82, 2.24) is 30.1 Å².